The summed E-state index contributed by atoms with van der Waals surface area (Å²) in [5.41, 5.74) is 9.04. The van der Waals surface area contributed by atoms with Crippen molar-refractivity contribution >= 4 is 11.0 Å². The van der Waals surface area contributed by atoms with Crippen molar-refractivity contribution < 1.29 is 0 Å². The van der Waals surface area contributed by atoms with Crippen LogP contribution in [0.1, 0.15) is 37.6 Å². The molecule has 1 heterocycles. The molecule has 0 aliphatic heterocycles. The van der Waals surface area contributed by atoms with E-state index in [-0.39, 0.29) is 0 Å². The molecule has 2 aromatic rings. The molecule has 0 saturated heterocycles. The van der Waals surface area contributed by atoms with Crippen LogP contribution in [0, 0.1) is 0 Å². The number of aromatic nitrogens is 2. The van der Waals surface area contributed by atoms with Gasteiger partial charge in [-0.1, -0.05) is 19.9 Å². The molecule has 0 unspecified atom stereocenters. The van der Waals surface area contributed by atoms with E-state index in [0.29, 0.717) is 5.92 Å². The number of aryl methyl sites for hydroxylation is 1. The summed E-state index contributed by atoms with van der Waals surface area (Å²) in [4.78, 5) is 7.92. The Morgan fingerprint density at radius 1 is 1.38 bits per heavy atom. The van der Waals surface area contributed by atoms with Gasteiger partial charge in [0.25, 0.3) is 0 Å². The zero-order chi connectivity index (χ0) is 11.5. The van der Waals surface area contributed by atoms with Gasteiger partial charge < -0.3 is 10.7 Å². The van der Waals surface area contributed by atoms with Crippen molar-refractivity contribution in [2.45, 2.75) is 32.6 Å². The van der Waals surface area contributed by atoms with Crippen molar-refractivity contribution in [3.05, 3.63) is 29.6 Å². The lowest BCUT2D eigenvalue weighted by Gasteiger charge is -1.98. The monoisotopic (exact) mass is 217 g/mol. The van der Waals surface area contributed by atoms with Crippen molar-refractivity contribution in [2.75, 3.05) is 6.54 Å². The van der Waals surface area contributed by atoms with Gasteiger partial charge >= 0.3 is 0 Å². The van der Waals surface area contributed by atoms with Crippen LogP contribution in [-0.2, 0) is 6.42 Å². The summed E-state index contributed by atoms with van der Waals surface area (Å²) in [7, 11) is 0. The highest BCUT2D eigenvalue weighted by molar-refractivity contribution is 5.76. The van der Waals surface area contributed by atoms with Crippen molar-refractivity contribution in [3.63, 3.8) is 0 Å². The van der Waals surface area contributed by atoms with Gasteiger partial charge in [-0.2, -0.15) is 0 Å². The molecular formula is C13H19N3. The first-order valence-corrected chi connectivity index (χ1v) is 5.89. The van der Waals surface area contributed by atoms with Crippen LogP contribution in [0.3, 0.4) is 0 Å². The molecule has 0 bridgehead atoms. The SMILES string of the molecule is CC(C)c1nc2ccc(CCCN)cc2[nH]1. The van der Waals surface area contributed by atoms with Gasteiger partial charge in [0.15, 0.2) is 0 Å². The van der Waals surface area contributed by atoms with Crippen LogP contribution in [0.4, 0.5) is 0 Å². The van der Waals surface area contributed by atoms with Gasteiger partial charge in [0.05, 0.1) is 11.0 Å². The summed E-state index contributed by atoms with van der Waals surface area (Å²) in [6.45, 7) is 5.04. The first-order chi connectivity index (χ1) is 7.70. The second-order valence-electron chi connectivity index (χ2n) is 4.52. The van der Waals surface area contributed by atoms with E-state index in [4.69, 9.17) is 5.73 Å². The van der Waals surface area contributed by atoms with Crippen molar-refractivity contribution in [3.8, 4) is 0 Å². The lowest BCUT2D eigenvalue weighted by atomic mass is 10.1. The van der Waals surface area contributed by atoms with Crippen LogP contribution in [0.25, 0.3) is 11.0 Å². The largest absolute Gasteiger partial charge is 0.342 e. The van der Waals surface area contributed by atoms with E-state index >= 15 is 0 Å². The van der Waals surface area contributed by atoms with Gasteiger partial charge in [0.2, 0.25) is 0 Å². The Morgan fingerprint density at radius 2 is 2.19 bits per heavy atom. The minimum Gasteiger partial charge on any atom is -0.342 e. The Bertz CT molecular complexity index is 471. The zero-order valence-corrected chi connectivity index (χ0v) is 9.96. The molecule has 1 aromatic heterocycles. The summed E-state index contributed by atoms with van der Waals surface area (Å²) < 4.78 is 0. The molecule has 16 heavy (non-hydrogen) atoms. The topological polar surface area (TPSA) is 54.7 Å². The van der Waals surface area contributed by atoms with Crippen molar-refractivity contribution in [2.24, 2.45) is 5.73 Å². The molecule has 2 rings (SSSR count). The van der Waals surface area contributed by atoms with E-state index in [1.807, 2.05) is 0 Å². The second kappa shape index (κ2) is 4.66. The number of nitrogens with zero attached hydrogens (tertiary/aromatic N) is 1. The van der Waals surface area contributed by atoms with E-state index in [1.165, 1.54) is 5.56 Å². The van der Waals surface area contributed by atoms with E-state index in [1.54, 1.807) is 0 Å². The highest BCUT2D eigenvalue weighted by Crippen LogP contribution is 2.18. The maximum Gasteiger partial charge on any atom is 0.109 e. The van der Waals surface area contributed by atoms with Gasteiger partial charge in [-0.25, -0.2) is 4.98 Å². The fourth-order valence-electron chi connectivity index (χ4n) is 1.81. The number of imidazole rings is 1. The third-order valence-corrected chi connectivity index (χ3v) is 2.78. The van der Waals surface area contributed by atoms with Crippen LogP contribution in [0.5, 0.6) is 0 Å². The molecule has 1 aromatic carbocycles. The predicted molar refractivity (Wildman–Crippen MR) is 67.6 cm³/mol. The zero-order valence-electron chi connectivity index (χ0n) is 9.96. The fourth-order valence-corrected chi connectivity index (χ4v) is 1.81. The molecule has 3 heteroatoms. The Kier molecular flexibility index (Phi) is 3.25. The molecule has 0 fully saturated rings. The average Bonchev–Trinajstić information content (AvgIpc) is 2.69. The minimum absolute atomic E-state index is 0.444. The predicted octanol–water partition coefficient (Wildman–Crippen LogP) is 2.58. The molecule has 0 amide bonds. The third kappa shape index (κ3) is 2.25. The number of H-pyrrole nitrogens is 1. The van der Waals surface area contributed by atoms with Crippen molar-refractivity contribution in [1.82, 2.24) is 9.97 Å². The lowest BCUT2D eigenvalue weighted by molar-refractivity contribution is 0.799. The van der Waals surface area contributed by atoms with Crippen LogP contribution < -0.4 is 5.73 Å². The van der Waals surface area contributed by atoms with E-state index in [2.05, 4.69) is 42.0 Å². The number of fused-ring (bicyclic) bond motifs is 1. The van der Waals surface area contributed by atoms with Crippen LogP contribution in [-0.4, -0.2) is 16.5 Å². The molecule has 3 nitrogen and oxygen atoms in total. The summed E-state index contributed by atoms with van der Waals surface area (Å²) in [6.07, 6.45) is 2.08. The van der Waals surface area contributed by atoms with Gasteiger partial charge in [0, 0.05) is 5.92 Å². The number of rotatable bonds is 4. The number of nitrogens with two attached hydrogens (primary N) is 1. The van der Waals surface area contributed by atoms with Gasteiger partial charge in [-0.05, 0) is 37.1 Å². The smallest absolute Gasteiger partial charge is 0.109 e. The van der Waals surface area contributed by atoms with Gasteiger partial charge in [-0.15, -0.1) is 0 Å². The normalized spacial score (nSPS) is 11.5. The molecule has 0 atom stereocenters. The summed E-state index contributed by atoms with van der Waals surface area (Å²) in [6, 6.07) is 6.41. The van der Waals surface area contributed by atoms with E-state index in [0.717, 1.165) is 36.2 Å². The van der Waals surface area contributed by atoms with Crippen molar-refractivity contribution in [1.29, 1.82) is 0 Å². The first-order valence-electron chi connectivity index (χ1n) is 5.89. The minimum atomic E-state index is 0.444. The number of aromatic amines is 1. The quantitative estimate of drug-likeness (QED) is 0.827. The Morgan fingerprint density at radius 3 is 2.88 bits per heavy atom. The molecule has 0 aliphatic carbocycles. The van der Waals surface area contributed by atoms with Crippen LogP contribution in [0.2, 0.25) is 0 Å². The highest BCUT2D eigenvalue weighted by Gasteiger charge is 2.06. The number of hydrogen-bond donors (Lipinski definition) is 2. The van der Waals surface area contributed by atoms with E-state index < -0.39 is 0 Å². The van der Waals surface area contributed by atoms with Crippen LogP contribution in [0.15, 0.2) is 18.2 Å². The Labute approximate surface area is 96.1 Å². The number of hydrogen-bond acceptors (Lipinski definition) is 2. The van der Waals surface area contributed by atoms with E-state index in [9.17, 15) is 0 Å². The number of benzene rings is 1. The Balaban J connectivity index is 2.30. The molecular weight excluding hydrogens is 198 g/mol. The highest BCUT2D eigenvalue weighted by atomic mass is 14.9. The molecule has 0 aliphatic rings. The summed E-state index contributed by atoms with van der Waals surface area (Å²) >= 11 is 0. The molecule has 86 valence electrons. The molecule has 3 N–H and O–H groups in total. The fraction of sp³-hybridized carbons (Fsp3) is 0.462. The lowest BCUT2D eigenvalue weighted by Crippen LogP contribution is -2.00. The van der Waals surface area contributed by atoms with Crippen LogP contribution >= 0.6 is 0 Å². The first kappa shape index (κ1) is 11.1. The maximum absolute atomic E-state index is 5.51. The average molecular weight is 217 g/mol. The maximum atomic E-state index is 5.51. The number of nitrogens with one attached hydrogen (secondary N) is 1. The Hall–Kier alpha value is -1.35. The summed E-state index contributed by atoms with van der Waals surface area (Å²) in [5, 5.41) is 0. The summed E-state index contributed by atoms with van der Waals surface area (Å²) in [5.74, 6) is 1.51. The van der Waals surface area contributed by atoms with Gasteiger partial charge in [-0.3, -0.25) is 0 Å². The molecule has 0 spiro atoms. The standard InChI is InChI=1S/C13H19N3/c1-9(2)13-15-11-6-5-10(4-3-7-14)8-12(11)16-13/h5-6,8-9H,3-4,7,14H2,1-2H3,(H,15,16). The third-order valence-electron chi connectivity index (χ3n) is 2.78. The van der Waals surface area contributed by atoms with Gasteiger partial charge in [0.1, 0.15) is 5.82 Å². The second-order valence-corrected chi connectivity index (χ2v) is 4.52. The molecule has 0 saturated carbocycles. The molecule has 0 radical (unpaired) electrons.